The first kappa shape index (κ1) is 17.9. The smallest absolute Gasteiger partial charge is 0.308 e. The molecule has 0 bridgehead atoms. The second kappa shape index (κ2) is 8.98. The molecule has 1 aliphatic heterocycles. The number of ether oxygens (including phenoxy) is 4. The lowest BCUT2D eigenvalue weighted by Crippen LogP contribution is -2.40. The van der Waals surface area contributed by atoms with Crippen LogP contribution in [0.2, 0.25) is 0 Å². The van der Waals surface area contributed by atoms with Crippen LogP contribution in [0, 0.1) is 0 Å². The van der Waals surface area contributed by atoms with Crippen molar-refractivity contribution in [1.29, 1.82) is 0 Å². The normalized spacial score (nSPS) is 17.8. The van der Waals surface area contributed by atoms with Gasteiger partial charge in [0.1, 0.15) is 6.61 Å². The van der Waals surface area contributed by atoms with Crippen molar-refractivity contribution in [3.05, 3.63) is 35.9 Å². The van der Waals surface area contributed by atoms with Gasteiger partial charge in [-0.05, 0) is 12.5 Å². The Morgan fingerprint density at radius 3 is 2.65 bits per heavy atom. The molecule has 1 atom stereocenters. The minimum absolute atomic E-state index is 0.0823. The molecule has 0 aromatic heterocycles. The van der Waals surface area contributed by atoms with E-state index >= 15 is 0 Å². The molecular formula is C17H24O6. The monoisotopic (exact) mass is 324 g/mol. The average molecular weight is 324 g/mol. The molecule has 6 heteroatoms. The van der Waals surface area contributed by atoms with E-state index in [1.54, 1.807) is 6.92 Å². The van der Waals surface area contributed by atoms with E-state index in [1.807, 2.05) is 30.3 Å². The van der Waals surface area contributed by atoms with E-state index in [2.05, 4.69) is 0 Å². The summed E-state index contributed by atoms with van der Waals surface area (Å²) in [5.74, 6) is -1.43. The van der Waals surface area contributed by atoms with E-state index in [4.69, 9.17) is 18.9 Å². The largest absolute Gasteiger partial charge is 0.466 e. The zero-order valence-corrected chi connectivity index (χ0v) is 13.4. The SMILES string of the molecule is CCOC(=O)CC(O)CC1(COCc2ccccc2)OCCO1. The van der Waals surface area contributed by atoms with Gasteiger partial charge in [0.2, 0.25) is 0 Å². The lowest BCUT2D eigenvalue weighted by atomic mass is 10.1. The van der Waals surface area contributed by atoms with Gasteiger partial charge in [0.25, 0.3) is 0 Å². The van der Waals surface area contributed by atoms with E-state index in [-0.39, 0.29) is 19.4 Å². The first-order chi connectivity index (χ1) is 11.1. The number of carbonyl (C=O) groups is 1. The minimum atomic E-state index is -0.999. The fraction of sp³-hybridized carbons (Fsp3) is 0.588. The maximum absolute atomic E-state index is 11.4. The van der Waals surface area contributed by atoms with Gasteiger partial charge in [0, 0.05) is 6.42 Å². The third-order valence-corrected chi connectivity index (χ3v) is 3.50. The molecule has 1 aliphatic rings. The lowest BCUT2D eigenvalue weighted by molar-refractivity contribution is -0.212. The van der Waals surface area contributed by atoms with Crippen LogP contribution in [0.25, 0.3) is 0 Å². The summed E-state index contributed by atoms with van der Waals surface area (Å²) in [6.45, 7) is 3.54. The number of benzene rings is 1. The van der Waals surface area contributed by atoms with Crippen LogP contribution >= 0.6 is 0 Å². The average Bonchev–Trinajstić information content (AvgIpc) is 2.96. The zero-order chi connectivity index (χ0) is 16.5. The molecule has 0 aliphatic carbocycles. The van der Waals surface area contributed by atoms with Gasteiger partial charge in [0.15, 0.2) is 5.79 Å². The van der Waals surface area contributed by atoms with Gasteiger partial charge in [-0.3, -0.25) is 4.79 Å². The molecule has 1 aromatic rings. The molecule has 0 saturated carbocycles. The van der Waals surface area contributed by atoms with Crippen LogP contribution in [0.3, 0.4) is 0 Å². The number of aliphatic hydroxyl groups excluding tert-OH is 1. The van der Waals surface area contributed by atoms with Gasteiger partial charge in [-0.1, -0.05) is 30.3 Å². The molecule has 1 heterocycles. The van der Waals surface area contributed by atoms with Crippen LogP contribution in [0.15, 0.2) is 30.3 Å². The molecule has 0 radical (unpaired) electrons. The van der Waals surface area contributed by atoms with Gasteiger partial charge in [-0.2, -0.15) is 0 Å². The first-order valence-corrected chi connectivity index (χ1v) is 7.87. The predicted molar refractivity (Wildman–Crippen MR) is 82.6 cm³/mol. The zero-order valence-electron chi connectivity index (χ0n) is 13.4. The predicted octanol–water partition coefficient (Wildman–Crippen LogP) is 1.65. The maximum atomic E-state index is 11.4. The van der Waals surface area contributed by atoms with Crippen LogP contribution in [0.1, 0.15) is 25.3 Å². The molecule has 23 heavy (non-hydrogen) atoms. The van der Waals surface area contributed by atoms with Crippen molar-refractivity contribution in [2.75, 3.05) is 26.4 Å². The lowest BCUT2D eigenvalue weighted by Gasteiger charge is -2.29. The van der Waals surface area contributed by atoms with Crippen LogP contribution < -0.4 is 0 Å². The Morgan fingerprint density at radius 2 is 2.00 bits per heavy atom. The van der Waals surface area contributed by atoms with Crippen molar-refractivity contribution in [2.45, 2.75) is 38.3 Å². The summed E-state index contributed by atoms with van der Waals surface area (Å²) < 4.78 is 21.8. The highest BCUT2D eigenvalue weighted by molar-refractivity contribution is 5.69. The summed E-state index contributed by atoms with van der Waals surface area (Å²) in [5, 5.41) is 10.1. The fourth-order valence-electron chi connectivity index (χ4n) is 2.50. The number of hydrogen-bond acceptors (Lipinski definition) is 6. The van der Waals surface area contributed by atoms with E-state index in [9.17, 15) is 9.90 Å². The Morgan fingerprint density at radius 1 is 1.30 bits per heavy atom. The molecular weight excluding hydrogens is 300 g/mol. The summed E-state index contributed by atoms with van der Waals surface area (Å²) in [6.07, 6.45) is -0.811. The number of esters is 1. The highest BCUT2D eigenvalue weighted by Gasteiger charge is 2.39. The Kier molecular flexibility index (Phi) is 6.98. The third-order valence-electron chi connectivity index (χ3n) is 3.50. The topological polar surface area (TPSA) is 74.2 Å². The molecule has 1 saturated heterocycles. The van der Waals surface area contributed by atoms with Crippen molar-refractivity contribution in [1.82, 2.24) is 0 Å². The number of rotatable bonds is 9. The van der Waals surface area contributed by atoms with Crippen molar-refractivity contribution < 1.29 is 28.8 Å². The second-order valence-electron chi connectivity index (χ2n) is 5.45. The van der Waals surface area contributed by atoms with Gasteiger partial charge in [-0.15, -0.1) is 0 Å². The van der Waals surface area contributed by atoms with Crippen LogP contribution in [-0.2, 0) is 30.3 Å². The Labute approximate surface area is 136 Å². The summed E-state index contributed by atoms with van der Waals surface area (Å²) in [6, 6.07) is 9.78. The molecule has 2 rings (SSSR count). The van der Waals surface area contributed by atoms with Crippen LogP contribution in [0.5, 0.6) is 0 Å². The van der Waals surface area contributed by atoms with Gasteiger partial charge < -0.3 is 24.1 Å². The molecule has 1 N–H and O–H groups in total. The van der Waals surface area contributed by atoms with Crippen molar-refractivity contribution in [2.24, 2.45) is 0 Å². The summed E-state index contributed by atoms with van der Waals surface area (Å²) in [7, 11) is 0. The van der Waals surface area contributed by atoms with E-state index < -0.39 is 17.9 Å². The highest BCUT2D eigenvalue weighted by Crippen LogP contribution is 2.27. The first-order valence-electron chi connectivity index (χ1n) is 7.87. The molecule has 0 spiro atoms. The van der Waals surface area contributed by atoms with Gasteiger partial charge >= 0.3 is 5.97 Å². The summed E-state index contributed by atoms with van der Waals surface area (Å²) in [4.78, 5) is 11.4. The van der Waals surface area contributed by atoms with Crippen LogP contribution in [0.4, 0.5) is 0 Å². The summed E-state index contributed by atoms with van der Waals surface area (Å²) >= 11 is 0. The second-order valence-corrected chi connectivity index (χ2v) is 5.45. The molecule has 128 valence electrons. The van der Waals surface area contributed by atoms with Crippen molar-refractivity contribution in [3.8, 4) is 0 Å². The van der Waals surface area contributed by atoms with E-state index in [1.165, 1.54) is 0 Å². The molecule has 1 fully saturated rings. The minimum Gasteiger partial charge on any atom is -0.466 e. The number of hydrogen-bond donors (Lipinski definition) is 1. The highest BCUT2D eigenvalue weighted by atomic mass is 16.8. The summed E-state index contributed by atoms with van der Waals surface area (Å²) in [5.41, 5.74) is 1.05. The number of carbonyl (C=O) groups excluding carboxylic acids is 1. The van der Waals surface area contributed by atoms with E-state index in [0.29, 0.717) is 26.4 Å². The Hall–Kier alpha value is -1.47. The van der Waals surface area contributed by atoms with Crippen molar-refractivity contribution in [3.63, 3.8) is 0 Å². The van der Waals surface area contributed by atoms with Gasteiger partial charge in [0.05, 0.1) is 39.0 Å². The van der Waals surface area contributed by atoms with Gasteiger partial charge in [-0.25, -0.2) is 0 Å². The fourth-order valence-corrected chi connectivity index (χ4v) is 2.50. The Bertz CT molecular complexity index is 469. The third kappa shape index (κ3) is 5.91. The number of aliphatic hydroxyl groups is 1. The standard InChI is InChI=1S/C17H24O6/c1-2-21-16(19)10-15(18)11-17(22-8-9-23-17)13-20-12-14-6-4-3-5-7-14/h3-7,15,18H,2,8-13H2,1H3. The quantitative estimate of drug-likeness (QED) is 0.696. The molecule has 0 amide bonds. The van der Waals surface area contributed by atoms with E-state index in [0.717, 1.165) is 5.56 Å². The molecule has 1 aromatic carbocycles. The maximum Gasteiger partial charge on any atom is 0.308 e. The molecule has 6 nitrogen and oxygen atoms in total. The molecule has 1 unspecified atom stereocenters. The van der Waals surface area contributed by atoms with Crippen molar-refractivity contribution >= 4 is 5.97 Å². The Balaban J connectivity index is 1.82. The van der Waals surface area contributed by atoms with Crippen LogP contribution in [-0.4, -0.2) is 49.4 Å².